The normalized spacial score (nSPS) is 12.5. The van der Waals surface area contributed by atoms with Crippen LogP contribution in [0.15, 0.2) is 18.3 Å². The molecular formula is C9H12N2O2. The summed E-state index contributed by atoms with van der Waals surface area (Å²) in [6, 6.07) is 2.81. The largest absolute Gasteiger partial charge is 0.478 e. The van der Waals surface area contributed by atoms with Gasteiger partial charge in [-0.2, -0.15) is 0 Å². The SMILES string of the molecule is CC[C@@H](N)c1ncccc1C(=O)O. The van der Waals surface area contributed by atoms with Crippen LogP contribution < -0.4 is 5.73 Å². The van der Waals surface area contributed by atoms with E-state index in [2.05, 4.69) is 4.98 Å². The highest BCUT2D eigenvalue weighted by atomic mass is 16.4. The lowest BCUT2D eigenvalue weighted by atomic mass is 10.1. The lowest BCUT2D eigenvalue weighted by Gasteiger charge is -2.10. The van der Waals surface area contributed by atoms with E-state index >= 15 is 0 Å². The zero-order chi connectivity index (χ0) is 9.84. The smallest absolute Gasteiger partial charge is 0.337 e. The molecule has 1 aromatic rings. The summed E-state index contributed by atoms with van der Waals surface area (Å²) in [6.07, 6.45) is 2.23. The molecule has 1 aromatic heterocycles. The Morgan fingerprint density at radius 2 is 2.46 bits per heavy atom. The number of nitrogens with zero attached hydrogens (tertiary/aromatic N) is 1. The molecule has 0 aliphatic heterocycles. The summed E-state index contributed by atoms with van der Waals surface area (Å²) in [6.45, 7) is 1.89. The molecule has 3 N–H and O–H groups in total. The fourth-order valence-corrected chi connectivity index (χ4v) is 1.09. The molecule has 0 unspecified atom stereocenters. The van der Waals surface area contributed by atoms with Gasteiger partial charge in [0.15, 0.2) is 0 Å². The number of carbonyl (C=O) groups is 1. The Morgan fingerprint density at radius 3 is 3.00 bits per heavy atom. The van der Waals surface area contributed by atoms with E-state index in [1.54, 1.807) is 12.3 Å². The summed E-state index contributed by atoms with van der Waals surface area (Å²) >= 11 is 0. The third-order valence-corrected chi connectivity index (χ3v) is 1.86. The molecule has 0 saturated heterocycles. The van der Waals surface area contributed by atoms with Gasteiger partial charge >= 0.3 is 5.97 Å². The number of hydrogen-bond acceptors (Lipinski definition) is 3. The van der Waals surface area contributed by atoms with E-state index < -0.39 is 5.97 Å². The molecule has 0 radical (unpaired) electrons. The van der Waals surface area contributed by atoms with E-state index in [1.807, 2.05) is 6.92 Å². The Bertz CT molecular complexity index is 312. The lowest BCUT2D eigenvalue weighted by molar-refractivity contribution is 0.0694. The molecule has 1 rings (SSSR count). The summed E-state index contributed by atoms with van der Waals surface area (Å²) < 4.78 is 0. The molecule has 0 fully saturated rings. The Kier molecular flexibility index (Phi) is 2.97. The predicted molar refractivity (Wildman–Crippen MR) is 48.4 cm³/mol. The molecule has 0 aromatic carbocycles. The summed E-state index contributed by atoms with van der Waals surface area (Å²) in [5.41, 5.74) is 6.35. The summed E-state index contributed by atoms with van der Waals surface area (Å²) in [4.78, 5) is 14.7. The Balaban J connectivity index is 3.11. The minimum Gasteiger partial charge on any atom is -0.478 e. The number of aromatic nitrogens is 1. The third kappa shape index (κ3) is 2.03. The van der Waals surface area contributed by atoms with Crippen LogP contribution in [0, 0.1) is 0 Å². The second-order valence-electron chi connectivity index (χ2n) is 2.76. The van der Waals surface area contributed by atoms with Gasteiger partial charge in [0.05, 0.1) is 11.3 Å². The van der Waals surface area contributed by atoms with Crippen molar-refractivity contribution in [3.63, 3.8) is 0 Å². The van der Waals surface area contributed by atoms with Gasteiger partial charge in [-0.25, -0.2) is 4.79 Å². The Labute approximate surface area is 76.4 Å². The summed E-state index contributed by atoms with van der Waals surface area (Å²) in [5.74, 6) is -0.980. The van der Waals surface area contributed by atoms with Crippen LogP contribution in [0.1, 0.15) is 35.4 Å². The molecule has 70 valence electrons. The van der Waals surface area contributed by atoms with Crippen molar-refractivity contribution in [3.05, 3.63) is 29.6 Å². The zero-order valence-electron chi connectivity index (χ0n) is 7.40. The fourth-order valence-electron chi connectivity index (χ4n) is 1.09. The first-order valence-electron chi connectivity index (χ1n) is 4.10. The van der Waals surface area contributed by atoms with Crippen LogP contribution in [0.25, 0.3) is 0 Å². The topological polar surface area (TPSA) is 76.2 Å². The second kappa shape index (κ2) is 4.00. The summed E-state index contributed by atoms with van der Waals surface area (Å²) in [5, 5.41) is 8.81. The molecule has 0 aliphatic carbocycles. The van der Waals surface area contributed by atoms with Crippen molar-refractivity contribution in [3.8, 4) is 0 Å². The van der Waals surface area contributed by atoms with Crippen molar-refractivity contribution in [2.45, 2.75) is 19.4 Å². The Hall–Kier alpha value is -1.42. The van der Waals surface area contributed by atoms with Crippen LogP contribution in [0.3, 0.4) is 0 Å². The molecule has 4 heteroatoms. The molecule has 0 spiro atoms. The Morgan fingerprint density at radius 1 is 1.77 bits per heavy atom. The van der Waals surface area contributed by atoms with E-state index in [4.69, 9.17) is 10.8 Å². The number of hydrogen-bond donors (Lipinski definition) is 2. The van der Waals surface area contributed by atoms with Gasteiger partial charge < -0.3 is 10.8 Å². The van der Waals surface area contributed by atoms with E-state index in [9.17, 15) is 4.79 Å². The van der Waals surface area contributed by atoms with E-state index in [-0.39, 0.29) is 11.6 Å². The molecule has 1 heterocycles. The van der Waals surface area contributed by atoms with Crippen LogP contribution in [0.2, 0.25) is 0 Å². The molecule has 1 atom stereocenters. The van der Waals surface area contributed by atoms with Gasteiger partial charge in [0.25, 0.3) is 0 Å². The number of aromatic carboxylic acids is 1. The average Bonchev–Trinajstić information content (AvgIpc) is 2.16. The van der Waals surface area contributed by atoms with Crippen molar-refractivity contribution in [1.29, 1.82) is 0 Å². The first kappa shape index (κ1) is 9.67. The first-order chi connectivity index (χ1) is 6.16. The van der Waals surface area contributed by atoms with Gasteiger partial charge in [0.1, 0.15) is 0 Å². The zero-order valence-corrected chi connectivity index (χ0v) is 7.40. The van der Waals surface area contributed by atoms with Gasteiger partial charge in [-0.05, 0) is 18.6 Å². The lowest BCUT2D eigenvalue weighted by Crippen LogP contribution is -2.15. The molecule has 0 saturated carbocycles. The highest BCUT2D eigenvalue weighted by Gasteiger charge is 2.14. The monoisotopic (exact) mass is 180 g/mol. The van der Waals surface area contributed by atoms with Crippen molar-refractivity contribution in [1.82, 2.24) is 4.98 Å². The van der Waals surface area contributed by atoms with Crippen LogP contribution in [-0.2, 0) is 0 Å². The minimum atomic E-state index is -0.980. The highest BCUT2D eigenvalue weighted by molar-refractivity contribution is 5.88. The van der Waals surface area contributed by atoms with Crippen LogP contribution in [0.4, 0.5) is 0 Å². The van der Waals surface area contributed by atoms with E-state index in [0.29, 0.717) is 12.1 Å². The van der Waals surface area contributed by atoms with Crippen molar-refractivity contribution >= 4 is 5.97 Å². The minimum absolute atomic E-state index is 0.192. The van der Waals surface area contributed by atoms with Gasteiger partial charge in [-0.3, -0.25) is 4.98 Å². The maximum absolute atomic E-state index is 10.7. The number of rotatable bonds is 3. The van der Waals surface area contributed by atoms with Crippen molar-refractivity contribution in [2.24, 2.45) is 5.73 Å². The van der Waals surface area contributed by atoms with E-state index in [0.717, 1.165) is 0 Å². The van der Waals surface area contributed by atoms with E-state index in [1.165, 1.54) is 6.07 Å². The number of pyridine rings is 1. The fraction of sp³-hybridized carbons (Fsp3) is 0.333. The van der Waals surface area contributed by atoms with Gasteiger partial charge in [0, 0.05) is 12.2 Å². The maximum atomic E-state index is 10.7. The van der Waals surface area contributed by atoms with Gasteiger partial charge in [-0.15, -0.1) is 0 Å². The summed E-state index contributed by atoms with van der Waals surface area (Å²) in [7, 11) is 0. The highest BCUT2D eigenvalue weighted by Crippen LogP contribution is 2.15. The standard InChI is InChI=1S/C9H12N2O2/c1-2-7(10)8-6(9(12)13)4-3-5-11-8/h3-5,7H,2,10H2,1H3,(H,12,13)/t7-/m1/s1. The van der Waals surface area contributed by atoms with Gasteiger partial charge in [-0.1, -0.05) is 6.92 Å². The average molecular weight is 180 g/mol. The second-order valence-corrected chi connectivity index (χ2v) is 2.76. The number of carboxylic acids is 1. The van der Waals surface area contributed by atoms with Crippen molar-refractivity contribution in [2.75, 3.05) is 0 Å². The third-order valence-electron chi connectivity index (χ3n) is 1.86. The molecule has 13 heavy (non-hydrogen) atoms. The van der Waals surface area contributed by atoms with Gasteiger partial charge in [0.2, 0.25) is 0 Å². The van der Waals surface area contributed by atoms with Crippen LogP contribution in [-0.4, -0.2) is 16.1 Å². The number of carboxylic acid groups (broad SMARTS) is 1. The maximum Gasteiger partial charge on any atom is 0.337 e. The van der Waals surface area contributed by atoms with Crippen LogP contribution in [0.5, 0.6) is 0 Å². The first-order valence-corrected chi connectivity index (χ1v) is 4.10. The van der Waals surface area contributed by atoms with Crippen LogP contribution >= 0.6 is 0 Å². The molecule has 4 nitrogen and oxygen atoms in total. The molecule has 0 aliphatic rings. The molecule has 0 bridgehead atoms. The predicted octanol–water partition coefficient (Wildman–Crippen LogP) is 1.19. The number of nitrogens with two attached hydrogens (primary N) is 1. The molecule has 0 amide bonds. The quantitative estimate of drug-likeness (QED) is 0.732. The van der Waals surface area contributed by atoms with Crippen molar-refractivity contribution < 1.29 is 9.90 Å². The molecular weight excluding hydrogens is 168 g/mol.